The fourth-order valence-electron chi connectivity index (χ4n) is 2.70. The van der Waals surface area contributed by atoms with E-state index in [0.29, 0.717) is 41.3 Å². The Morgan fingerprint density at radius 1 is 1.00 bits per heavy atom. The van der Waals surface area contributed by atoms with Gasteiger partial charge in [-0.05, 0) is 49.2 Å². The smallest absolute Gasteiger partial charge is 0.240 e. The van der Waals surface area contributed by atoms with Gasteiger partial charge >= 0.3 is 0 Å². The van der Waals surface area contributed by atoms with Crippen molar-refractivity contribution >= 4 is 23.2 Å². The third-order valence-corrected chi connectivity index (χ3v) is 4.55. The average molecular weight is 365 g/mol. The van der Waals surface area contributed by atoms with Gasteiger partial charge in [-0.3, -0.25) is 9.59 Å². The minimum Gasteiger partial charge on any atom is -0.497 e. The second-order valence-electron chi connectivity index (χ2n) is 6.25. The lowest BCUT2D eigenvalue weighted by Gasteiger charge is -2.17. The molecule has 3 rings (SSSR count). The molecule has 0 heterocycles. The zero-order valence-corrected chi connectivity index (χ0v) is 15.0. The van der Waals surface area contributed by atoms with Crippen molar-refractivity contribution in [3.05, 3.63) is 48.0 Å². The van der Waals surface area contributed by atoms with Crippen LogP contribution in [0, 0.1) is 16.7 Å². The molecule has 7 nitrogen and oxygen atoms in total. The van der Waals surface area contributed by atoms with Gasteiger partial charge in [-0.25, -0.2) is 0 Å². The van der Waals surface area contributed by atoms with Crippen LogP contribution in [0.3, 0.4) is 0 Å². The topological polar surface area (TPSA) is 100 Å². The van der Waals surface area contributed by atoms with Gasteiger partial charge in [0.2, 0.25) is 11.8 Å². The standard InChI is InChI=1S/C20H19N3O4/c1-26-15-7-8-16(17(11-15)27-2)23-19(25)20(9-10-20)18(24)22-14-5-3-13(12-21)4-6-14/h3-8,11H,9-10H2,1-2H3,(H,22,24)(H,23,25). The molecule has 1 aliphatic rings. The number of hydrogen-bond acceptors (Lipinski definition) is 5. The van der Waals surface area contributed by atoms with Crippen molar-refractivity contribution in [2.24, 2.45) is 5.41 Å². The Bertz CT molecular complexity index is 912. The van der Waals surface area contributed by atoms with E-state index in [1.807, 2.05) is 6.07 Å². The van der Waals surface area contributed by atoms with Gasteiger partial charge in [-0.15, -0.1) is 0 Å². The van der Waals surface area contributed by atoms with Crippen molar-refractivity contribution in [2.45, 2.75) is 12.8 Å². The summed E-state index contributed by atoms with van der Waals surface area (Å²) in [5.74, 6) is 0.310. The molecular weight excluding hydrogens is 346 g/mol. The van der Waals surface area contributed by atoms with Gasteiger partial charge in [0.1, 0.15) is 16.9 Å². The number of amides is 2. The number of methoxy groups -OCH3 is 2. The van der Waals surface area contributed by atoms with Gasteiger partial charge in [0.15, 0.2) is 0 Å². The van der Waals surface area contributed by atoms with E-state index >= 15 is 0 Å². The largest absolute Gasteiger partial charge is 0.497 e. The molecule has 0 spiro atoms. The first-order chi connectivity index (χ1) is 13.0. The normalized spacial score (nSPS) is 13.8. The summed E-state index contributed by atoms with van der Waals surface area (Å²) < 4.78 is 10.4. The zero-order valence-electron chi connectivity index (χ0n) is 15.0. The van der Waals surface area contributed by atoms with Gasteiger partial charge in [-0.2, -0.15) is 5.26 Å². The molecule has 27 heavy (non-hydrogen) atoms. The number of rotatable bonds is 6. The monoisotopic (exact) mass is 365 g/mol. The fourth-order valence-corrected chi connectivity index (χ4v) is 2.70. The SMILES string of the molecule is COc1ccc(NC(=O)C2(C(=O)Nc3ccc(C#N)cc3)CC2)c(OC)c1. The lowest BCUT2D eigenvalue weighted by Crippen LogP contribution is -2.35. The van der Waals surface area contributed by atoms with E-state index in [0.717, 1.165) is 0 Å². The molecule has 1 aliphatic carbocycles. The molecule has 2 aromatic carbocycles. The molecule has 138 valence electrons. The molecule has 0 aromatic heterocycles. The Balaban J connectivity index is 1.72. The Morgan fingerprint density at radius 3 is 2.22 bits per heavy atom. The van der Waals surface area contributed by atoms with E-state index < -0.39 is 5.41 Å². The zero-order chi connectivity index (χ0) is 19.4. The minimum absolute atomic E-state index is 0.364. The third kappa shape index (κ3) is 3.70. The van der Waals surface area contributed by atoms with Crippen molar-refractivity contribution in [1.29, 1.82) is 5.26 Å². The highest BCUT2D eigenvalue weighted by Gasteiger charge is 2.56. The van der Waals surface area contributed by atoms with Gasteiger partial charge in [-0.1, -0.05) is 0 Å². The molecule has 0 radical (unpaired) electrons. The molecule has 2 amide bonds. The van der Waals surface area contributed by atoms with E-state index in [9.17, 15) is 9.59 Å². The van der Waals surface area contributed by atoms with Crippen LogP contribution < -0.4 is 20.1 Å². The molecular formula is C20H19N3O4. The molecule has 0 aliphatic heterocycles. The first-order valence-electron chi connectivity index (χ1n) is 8.37. The number of carbonyl (C=O) groups excluding carboxylic acids is 2. The predicted molar refractivity (Wildman–Crippen MR) is 99.6 cm³/mol. The first kappa shape index (κ1) is 18.3. The van der Waals surface area contributed by atoms with Crippen LogP contribution in [0.2, 0.25) is 0 Å². The van der Waals surface area contributed by atoms with E-state index in [1.165, 1.54) is 7.11 Å². The number of ether oxygens (including phenoxy) is 2. The van der Waals surface area contributed by atoms with E-state index in [4.69, 9.17) is 14.7 Å². The molecule has 2 N–H and O–H groups in total. The van der Waals surface area contributed by atoms with Crippen LogP contribution in [0.15, 0.2) is 42.5 Å². The molecule has 2 aromatic rings. The summed E-state index contributed by atoms with van der Waals surface area (Å²) in [6.45, 7) is 0. The summed E-state index contributed by atoms with van der Waals surface area (Å²) in [6, 6.07) is 13.5. The summed E-state index contributed by atoms with van der Waals surface area (Å²) in [5, 5.41) is 14.4. The average Bonchev–Trinajstić information content (AvgIpc) is 3.51. The Hall–Kier alpha value is -3.53. The molecule has 7 heteroatoms. The predicted octanol–water partition coefficient (Wildman–Crippen LogP) is 2.93. The van der Waals surface area contributed by atoms with E-state index in [1.54, 1.807) is 49.6 Å². The number of benzene rings is 2. The van der Waals surface area contributed by atoms with Crippen LogP contribution in [0.1, 0.15) is 18.4 Å². The third-order valence-electron chi connectivity index (χ3n) is 4.55. The van der Waals surface area contributed by atoms with Crippen molar-refractivity contribution in [3.8, 4) is 17.6 Å². The van der Waals surface area contributed by atoms with Crippen LogP contribution in [0.25, 0.3) is 0 Å². The molecule has 0 bridgehead atoms. The van der Waals surface area contributed by atoms with Crippen molar-refractivity contribution in [1.82, 2.24) is 0 Å². The summed E-state index contributed by atoms with van der Waals surface area (Å²) in [7, 11) is 3.04. The Labute approximate surface area is 156 Å². The van der Waals surface area contributed by atoms with Gasteiger partial charge in [0.25, 0.3) is 0 Å². The maximum atomic E-state index is 12.7. The number of nitriles is 1. The van der Waals surface area contributed by atoms with Crippen molar-refractivity contribution in [2.75, 3.05) is 24.9 Å². The first-order valence-corrected chi connectivity index (χ1v) is 8.37. The summed E-state index contributed by atoms with van der Waals surface area (Å²) in [6.07, 6.45) is 0.943. The highest BCUT2D eigenvalue weighted by Crippen LogP contribution is 2.48. The maximum absolute atomic E-state index is 12.7. The Morgan fingerprint density at radius 2 is 1.67 bits per heavy atom. The fraction of sp³-hybridized carbons (Fsp3) is 0.250. The van der Waals surface area contributed by atoms with Gasteiger partial charge in [0.05, 0.1) is 31.5 Å². The van der Waals surface area contributed by atoms with Crippen molar-refractivity contribution in [3.63, 3.8) is 0 Å². The van der Waals surface area contributed by atoms with Crippen LogP contribution in [0.5, 0.6) is 11.5 Å². The molecule has 1 saturated carbocycles. The van der Waals surface area contributed by atoms with Gasteiger partial charge in [0, 0.05) is 11.8 Å². The lowest BCUT2D eigenvalue weighted by atomic mass is 10.0. The molecule has 0 saturated heterocycles. The number of nitrogens with zero attached hydrogens (tertiary/aromatic N) is 1. The molecule has 0 unspecified atom stereocenters. The second kappa shape index (κ2) is 7.38. The Kier molecular flexibility index (Phi) is 4.99. The van der Waals surface area contributed by atoms with E-state index in [2.05, 4.69) is 10.6 Å². The minimum atomic E-state index is -1.10. The summed E-state index contributed by atoms with van der Waals surface area (Å²) in [4.78, 5) is 25.4. The van der Waals surface area contributed by atoms with Gasteiger partial charge < -0.3 is 20.1 Å². The maximum Gasteiger partial charge on any atom is 0.240 e. The highest BCUT2D eigenvalue weighted by atomic mass is 16.5. The van der Waals surface area contributed by atoms with Crippen LogP contribution in [0.4, 0.5) is 11.4 Å². The number of nitrogens with one attached hydrogen (secondary N) is 2. The van der Waals surface area contributed by atoms with E-state index in [-0.39, 0.29) is 11.8 Å². The number of hydrogen-bond donors (Lipinski definition) is 2. The summed E-state index contributed by atoms with van der Waals surface area (Å²) in [5.41, 5.74) is 0.415. The lowest BCUT2D eigenvalue weighted by molar-refractivity contribution is -0.131. The number of anilines is 2. The van der Waals surface area contributed by atoms with Crippen LogP contribution in [-0.2, 0) is 9.59 Å². The van der Waals surface area contributed by atoms with Crippen LogP contribution in [-0.4, -0.2) is 26.0 Å². The van der Waals surface area contributed by atoms with Crippen LogP contribution >= 0.6 is 0 Å². The number of carbonyl (C=O) groups is 2. The van der Waals surface area contributed by atoms with Crippen molar-refractivity contribution < 1.29 is 19.1 Å². The highest BCUT2D eigenvalue weighted by molar-refractivity contribution is 6.17. The molecule has 1 fully saturated rings. The summed E-state index contributed by atoms with van der Waals surface area (Å²) >= 11 is 0. The molecule has 0 atom stereocenters. The quantitative estimate of drug-likeness (QED) is 0.767. The second-order valence-corrected chi connectivity index (χ2v) is 6.25.